The zero-order chi connectivity index (χ0) is 16.3. The number of rotatable bonds is 3. The second kappa shape index (κ2) is 6.34. The zero-order valence-electron chi connectivity index (χ0n) is 12.7. The summed E-state index contributed by atoms with van der Waals surface area (Å²) in [5, 5.41) is 11.3. The van der Waals surface area contributed by atoms with E-state index in [9.17, 15) is 14.9 Å². The van der Waals surface area contributed by atoms with Crippen LogP contribution in [0.4, 0.5) is 5.69 Å². The minimum atomic E-state index is -0.522. The molecule has 2 rings (SSSR count). The molecule has 0 bridgehead atoms. The van der Waals surface area contributed by atoms with Gasteiger partial charge in [0.25, 0.3) is 11.6 Å². The third-order valence-corrected chi connectivity index (χ3v) is 3.10. The van der Waals surface area contributed by atoms with Crippen molar-refractivity contribution in [1.29, 1.82) is 0 Å². The Balaban J connectivity index is 2.65. The van der Waals surface area contributed by atoms with E-state index in [4.69, 9.17) is 0 Å². The number of hydrogen-bond acceptors (Lipinski definition) is 4. The lowest BCUT2D eigenvalue weighted by molar-refractivity contribution is -0.385. The summed E-state index contributed by atoms with van der Waals surface area (Å²) in [4.78, 5) is 27.8. The van der Waals surface area contributed by atoms with Crippen molar-refractivity contribution in [3.05, 3.63) is 69.3 Å². The number of aromatic nitrogens is 1. The molecular formula is C16H17N3O3. The van der Waals surface area contributed by atoms with Crippen molar-refractivity contribution in [2.45, 2.75) is 26.8 Å². The molecule has 114 valence electrons. The molecule has 6 heteroatoms. The number of para-hydroxylation sites is 1. The highest BCUT2D eigenvalue weighted by Gasteiger charge is 2.23. The molecule has 0 aliphatic rings. The van der Waals surface area contributed by atoms with Crippen molar-refractivity contribution in [1.82, 2.24) is 4.57 Å². The number of nitrogens with zero attached hydrogens (tertiary/aromatic N) is 3. The SMILES string of the molecule is Cc1cccc(C(=O)n2ccccc2=NC(C)C)c1[N+](=O)[O-]. The second-order valence-electron chi connectivity index (χ2n) is 5.19. The number of carbonyl (C=O) groups is 1. The van der Waals surface area contributed by atoms with Crippen LogP contribution in [-0.4, -0.2) is 21.4 Å². The topological polar surface area (TPSA) is 77.5 Å². The Hall–Kier alpha value is -2.76. The summed E-state index contributed by atoms with van der Waals surface area (Å²) in [7, 11) is 0. The van der Waals surface area contributed by atoms with Crippen LogP contribution < -0.4 is 5.49 Å². The molecule has 1 heterocycles. The summed E-state index contributed by atoms with van der Waals surface area (Å²) in [5.74, 6) is -0.463. The Bertz CT molecular complexity index is 791. The smallest absolute Gasteiger partial charge is 0.268 e. The number of pyridine rings is 1. The van der Waals surface area contributed by atoms with E-state index in [2.05, 4.69) is 4.99 Å². The number of aryl methyl sites for hydroxylation is 1. The van der Waals surface area contributed by atoms with Crippen LogP contribution in [0.25, 0.3) is 0 Å². The maximum atomic E-state index is 12.7. The highest BCUT2D eigenvalue weighted by molar-refractivity contribution is 6.00. The molecule has 0 aliphatic heterocycles. The van der Waals surface area contributed by atoms with Crippen LogP contribution in [0.3, 0.4) is 0 Å². The summed E-state index contributed by atoms with van der Waals surface area (Å²) in [6.07, 6.45) is 1.57. The average Bonchev–Trinajstić information content (AvgIpc) is 2.45. The molecule has 0 saturated heterocycles. The van der Waals surface area contributed by atoms with E-state index in [1.165, 1.54) is 10.6 Å². The number of nitro groups is 1. The summed E-state index contributed by atoms with van der Waals surface area (Å²) in [6.45, 7) is 5.41. The van der Waals surface area contributed by atoms with Gasteiger partial charge in [0.1, 0.15) is 11.1 Å². The van der Waals surface area contributed by atoms with Crippen molar-refractivity contribution >= 4 is 11.6 Å². The van der Waals surface area contributed by atoms with Gasteiger partial charge in [-0.05, 0) is 39.0 Å². The first-order valence-corrected chi connectivity index (χ1v) is 6.92. The van der Waals surface area contributed by atoms with E-state index in [0.29, 0.717) is 11.1 Å². The summed E-state index contributed by atoms with van der Waals surface area (Å²) >= 11 is 0. The van der Waals surface area contributed by atoms with Crippen LogP contribution in [-0.2, 0) is 0 Å². The quantitative estimate of drug-likeness (QED) is 0.645. The molecule has 0 amide bonds. The lowest BCUT2D eigenvalue weighted by atomic mass is 10.1. The standard InChI is InChI=1S/C16H17N3O3/c1-11(2)17-14-9-4-5-10-18(14)16(20)13-8-6-7-12(3)15(13)19(21)22/h4-11H,1-3H3. The summed E-state index contributed by atoms with van der Waals surface area (Å²) < 4.78 is 1.34. The van der Waals surface area contributed by atoms with E-state index in [1.807, 2.05) is 13.8 Å². The summed E-state index contributed by atoms with van der Waals surface area (Å²) in [6, 6.07) is 9.90. The molecule has 0 unspecified atom stereocenters. The molecule has 0 spiro atoms. The van der Waals surface area contributed by atoms with Gasteiger partial charge in [0.2, 0.25) is 0 Å². The van der Waals surface area contributed by atoms with E-state index >= 15 is 0 Å². The lowest BCUT2D eigenvalue weighted by Crippen LogP contribution is -2.28. The molecule has 0 radical (unpaired) electrons. The fourth-order valence-corrected chi connectivity index (χ4v) is 2.18. The fourth-order valence-electron chi connectivity index (χ4n) is 2.18. The maximum Gasteiger partial charge on any atom is 0.285 e. The average molecular weight is 299 g/mol. The Morgan fingerprint density at radius 2 is 1.95 bits per heavy atom. The largest absolute Gasteiger partial charge is 0.285 e. The van der Waals surface area contributed by atoms with E-state index in [0.717, 1.165) is 0 Å². The molecule has 22 heavy (non-hydrogen) atoms. The van der Waals surface area contributed by atoms with E-state index in [1.54, 1.807) is 43.5 Å². The second-order valence-corrected chi connectivity index (χ2v) is 5.19. The Morgan fingerprint density at radius 3 is 2.59 bits per heavy atom. The van der Waals surface area contributed by atoms with E-state index in [-0.39, 0.29) is 17.3 Å². The highest BCUT2D eigenvalue weighted by Crippen LogP contribution is 2.23. The van der Waals surface area contributed by atoms with Gasteiger partial charge in [0.15, 0.2) is 0 Å². The van der Waals surface area contributed by atoms with Crippen LogP contribution in [0.1, 0.15) is 29.8 Å². The minimum absolute atomic E-state index is 0.00828. The molecule has 0 saturated carbocycles. The van der Waals surface area contributed by atoms with Crippen molar-refractivity contribution in [3.63, 3.8) is 0 Å². The Labute approximate surface area is 127 Å². The van der Waals surface area contributed by atoms with Gasteiger partial charge >= 0.3 is 0 Å². The van der Waals surface area contributed by atoms with Crippen LogP contribution in [0.5, 0.6) is 0 Å². The van der Waals surface area contributed by atoms with Gasteiger partial charge in [0, 0.05) is 17.8 Å². The molecule has 1 aromatic heterocycles. The number of hydrogen-bond donors (Lipinski definition) is 0. The Kier molecular flexibility index (Phi) is 4.50. The molecule has 0 aliphatic carbocycles. The van der Waals surface area contributed by atoms with E-state index < -0.39 is 10.8 Å². The third-order valence-electron chi connectivity index (χ3n) is 3.10. The normalized spacial score (nSPS) is 11.7. The lowest BCUT2D eigenvalue weighted by Gasteiger charge is -2.08. The van der Waals surface area contributed by atoms with Gasteiger partial charge in [-0.25, -0.2) is 0 Å². The molecule has 1 aromatic carbocycles. The van der Waals surface area contributed by atoms with Gasteiger partial charge in [-0.15, -0.1) is 0 Å². The van der Waals surface area contributed by atoms with Crippen molar-refractivity contribution in [2.75, 3.05) is 0 Å². The molecule has 0 fully saturated rings. The summed E-state index contributed by atoms with van der Waals surface area (Å²) in [5.41, 5.74) is 0.814. The fraction of sp³-hybridized carbons (Fsp3) is 0.250. The van der Waals surface area contributed by atoms with Crippen molar-refractivity contribution in [2.24, 2.45) is 4.99 Å². The van der Waals surface area contributed by atoms with Crippen LogP contribution in [0.2, 0.25) is 0 Å². The molecule has 2 aromatic rings. The number of benzene rings is 1. The van der Waals surface area contributed by atoms with Gasteiger partial charge in [-0.1, -0.05) is 18.2 Å². The predicted octanol–water partition coefficient (Wildman–Crippen LogP) is 2.70. The molecule has 6 nitrogen and oxygen atoms in total. The number of nitro benzene ring substituents is 1. The van der Waals surface area contributed by atoms with Gasteiger partial charge in [-0.3, -0.25) is 24.5 Å². The highest BCUT2D eigenvalue weighted by atomic mass is 16.6. The van der Waals surface area contributed by atoms with Crippen molar-refractivity contribution < 1.29 is 9.72 Å². The number of carbonyl (C=O) groups excluding carboxylic acids is 1. The van der Waals surface area contributed by atoms with Gasteiger partial charge in [0.05, 0.1) is 4.92 Å². The van der Waals surface area contributed by atoms with Crippen molar-refractivity contribution in [3.8, 4) is 0 Å². The minimum Gasteiger partial charge on any atom is -0.268 e. The zero-order valence-corrected chi connectivity index (χ0v) is 12.7. The monoisotopic (exact) mass is 299 g/mol. The molecule has 0 atom stereocenters. The first-order chi connectivity index (χ1) is 10.4. The maximum absolute atomic E-state index is 12.7. The van der Waals surface area contributed by atoms with Crippen LogP contribution in [0.15, 0.2) is 47.6 Å². The van der Waals surface area contributed by atoms with Gasteiger partial charge < -0.3 is 0 Å². The first-order valence-electron chi connectivity index (χ1n) is 6.92. The molecular weight excluding hydrogens is 282 g/mol. The van der Waals surface area contributed by atoms with Crippen LogP contribution >= 0.6 is 0 Å². The first kappa shape index (κ1) is 15.6. The molecule has 0 N–H and O–H groups in total. The van der Waals surface area contributed by atoms with Crippen LogP contribution in [0, 0.1) is 17.0 Å². The Morgan fingerprint density at radius 1 is 1.23 bits per heavy atom. The van der Waals surface area contributed by atoms with Gasteiger partial charge in [-0.2, -0.15) is 0 Å². The predicted molar refractivity (Wildman–Crippen MR) is 82.7 cm³/mol. The third kappa shape index (κ3) is 3.11.